The fraction of sp³-hybridized carbons (Fsp3) is 0.0769. The molecule has 0 radical (unpaired) electrons. The number of pyridine rings is 1. The average molecular weight is 340 g/mol. The summed E-state index contributed by atoms with van der Waals surface area (Å²) < 4.78 is 9.08. The van der Waals surface area contributed by atoms with Crippen molar-refractivity contribution in [2.75, 3.05) is 0 Å². The molecular formula is C13H7Cl2N3O2S. The number of aryl methyl sites for hydroxylation is 1. The highest BCUT2D eigenvalue weighted by Crippen LogP contribution is 2.37. The molecule has 0 unspecified atom stereocenters. The Balaban J connectivity index is 2.09. The van der Waals surface area contributed by atoms with Gasteiger partial charge in [-0.3, -0.25) is 4.98 Å². The Morgan fingerprint density at radius 2 is 2.14 bits per heavy atom. The molecule has 3 rings (SSSR count). The lowest BCUT2D eigenvalue weighted by Crippen LogP contribution is -2.09. The first-order valence-corrected chi connectivity index (χ1v) is 7.34. The fourth-order valence-corrected chi connectivity index (χ4v) is 2.89. The number of esters is 1. The van der Waals surface area contributed by atoms with E-state index in [1.165, 1.54) is 6.07 Å². The topological polar surface area (TPSA) is 65.0 Å². The number of rotatable bonds is 2. The number of hydrogen-bond acceptors (Lipinski definition) is 6. The number of fused-ring (bicyclic) bond motifs is 1. The predicted molar refractivity (Wildman–Crippen MR) is 81.4 cm³/mol. The molecular weight excluding hydrogens is 333 g/mol. The first-order chi connectivity index (χ1) is 10.1. The molecule has 0 aliphatic rings. The van der Waals surface area contributed by atoms with Gasteiger partial charge in [-0.1, -0.05) is 27.7 Å². The molecule has 0 spiro atoms. The molecule has 0 saturated heterocycles. The maximum Gasteiger partial charge on any atom is 0.357 e. The van der Waals surface area contributed by atoms with Gasteiger partial charge in [0.25, 0.3) is 0 Å². The maximum atomic E-state index is 12.2. The summed E-state index contributed by atoms with van der Waals surface area (Å²) in [7, 11) is 0. The molecule has 0 amide bonds. The van der Waals surface area contributed by atoms with Gasteiger partial charge in [0, 0.05) is 11.6 Å². The minimum absolute atomic E-state index is 0.175. The van der Waals surface area contributed by atoms with E-state index in [-0.39, 0.29) is 10.8 Å². The second kappa shape index (κ2) is 5.55. The molecule has 1 aromatic carbocycles. The maximum absolute atomic E-state index is 12.2. The zero-order chi connectivity index (χ0) is 15.0. The molecule has 3 aromatic rings. The van der Waals surface area contributed by atoms with Crippen molar-refractivity contribution >= 4 is 51.6 Å². The largest absolute Gasteiger partial charge is 0.418 e. The van der Waals surface area contributed by atoms with Crippen LogP contribution in [0.3, 0.4) is 0 Å². The lowest BCUT2D eigenvalue weighted by atomic mass is 10.2. The monoisotopic (exact) mass is 339 g/mol. The highest BCUT2D eigenvalue weighted by Gasteiger charge is 2.20. The predicted octanol–water partition coefficient (Wildman–Crippen LogP) is 3.92. The molecule has 0 fully saturated rings. The summed E-state index contributed by atoms with van der Waals surface area (Å²) in [6.07, 6.45) is 1.58. The van der Waals surface area contributed by atoms with Gasteiger partial charge in [-0.15, -0.1) is 5.10 Å². The van der Waals surface area contributed by atoms with Crippen molar-refractivity contribution in [1.82, 2.24) is 14.6 Å². The van der Waals surface area contributed by atoms with Gasteiger partial charge in [0.05, 0.1) is 15.7 Å². The van der Waals surface area contributed by atoms with E-state index >= 15 is 0 Å². The van der Waals surface area contributed by atoms with Crippen molar-refractivity contribution in [3.8, 4) is 5.75 Å². The van der Waals surface area contributed by atoms with Gasteiger partial charge in [0.1, 0.15) is 5.52 Å². The van der Waals surface area contributed by atoms with Crippen molar-refractivity contribution in [1.29, 1.82) is 0 Å². The Hall–Kier alpha value is -1.76. The third-order valence-electron chi connectivity index (χ3n) is 2.78. The molecule has 0 saturated carbocycles. The van der Waals surface area contributed by atoms with Gasteiger partial charge >= 0.3 is 5.97 Å². The Morgan fingerprint density at radius 1 is 1.33 bits per heavy atom. The van der Waals surface area contributed by atoms with Gasteiger partial charge in [-0.25, -0.2) is 4.79 Å². The van der Waals surface area contributed by atoms with Crippen molar-refractivity contribution in [3.05, 3.63) is 45.0 Å². The summed E-state index contributed by atoms with van der Waals surface area (Å²) >= 11 is 13.2. The van der Waals surface area contributed by atoms with Gasteiger partial charge in [-0.05, 0) is 36.7 Å². The van der Waals surface area contributed by atoms with Gasteiger partial charge in [0.15, 0.2) is 10.6 Å². The van der Waals surface area contributed by atoms with Crippen molar-refractivity contribution in [2.45, 2.75) is 6.92 Å². The fourth-order valence-electron chi connectivity index (χ4n) is 1.80. The number of carbonyl (C=O) groups is 1. The average Bonchev–Trinajstić information content (AvgIpc) is 2.89. The third kappa shape index (κ3) is 2.57. The van der Waals surface area contributed by atoms with E-state index in [0.29, 0.717) is 26.5 Å². The molecule has 5 nitrogen and oxygen atoms in total. The van der Waals surface area contributed by atoms with E-state index in [4.69, 9.17) is 27.9 Å². The molecule has 0 aliphatic carbocycles. The summed E-state index contributed by atoms with van der Waals surface area (Å²) in [5.74, 6) is -0.395. The summed E-state index contributed by atoms with van der Waals surface area (Å²) in [6.45, 7) is 1.68. The summed E-state index contributed by atoms with van der Waals surface area (Å²) in [6, 6.07) is 5.04. The molecule has 2 aromatic heterocycles. The van der Waals surface area contributed by atoms with Crippen LogP contribution in [-0.2, 0) is 0 Å². The van der Waals surface area contributed by atoms with Crippen LogP contribution in [0, 0.1) is 6.92 Å². The number of ether oxygens (including phenoxy) is 1. The van der Waals surface area contributed by atoms with Crippen LogP contribution in [0.1, 0.15) is 15.4 Å². The first-order valence-electron chi connectivity index (χ1n) is 5.82. The zero-order valence-electron chi connectivity index (χ0n) is 10.6. The minimum Gasteiger partial charge on any atom is -0.418 e. The molecule has 2 heterocycles. The van der Waals surface area contributed by atoms with Crippen molar-refractivity contribution < 1.29 is 9.53 Å². The normalized spacial score (nSPS) is 10.8. The second-order valence-electron chi connectivity index (χ2n) is 4.15. The van der Waals surface area contributed by atoms with Gasteiger partial charge in [-0.2, -0.15) is 0 Å². The molecule has 0 atom stereocenters. The molecule has 0 N–H and O–H groups in total. The number of aromatic nitrogens is 3. The van der Waals surface area contributed by atoms with Gasteiger partial charge < -0.3 is 4.74 Å². The van der Waals surface area contributed by atoms with Crippen LogP contribution in [0.4, 0.5) is 0 Å². The Morgan fingerprint density at radius 3 is 2.86 bits per heavy atom. The lowest BCUT2D eigenvalue weighted by Gasteiger charge is -2.09. The molecule has 106 valence electrons. The van der Waals surface area contributed by atoms with E-state index in [9.17, 15) is 4.79 Å². The smallest absolute Gasteiger partial charge is 0.357 e. The minimum atomic E-state index is -0.571. The number of benzene rings is 1. The van der Waals surface area contributed by atoms with Crippen molar-refractivity contribution in [2.24, 2.45) is 0 Å². The number of halogens is 2. The SMILES string of the molecule is Cc1nnsc1C(=O)Oc1c(Cl)cc(Cl)c2cccnc12. The Labute approximate surface area is 133 Å². The molecule has 0 aliphatic heterocycles. The number of nitrogens with zero attached hydrogens (tertiary/aromatic N) is 3. The summed E-state index contributed by atoms with van der Waals surface area (Å²) in [4.78, 5) is 16.7. The summed E-state index contributed by atoms with van der Waals surface area (Å²) in [5.41, 5.74) is 0.936. The zero-order valence-corrected chi connectivity index (χ0v) is 13.0. The van der Waals surface area contributed by atoms with E-state index < -0.39 is 5.97 Å². The van der Waals surface area contributed by atoms with E-state index in [1.807, 2.05) is 0 Å². The number of hydrogen-bond donors (Lipinski definition) is 0. The van der Waals surface area contributed by atoms with Crippen LogP contribution in [0.5, 0.6) is 5.75 Å². The highest BCUT2D eigenvalue weighted by molar-refractivity contribution is 7.07. The van der Waals surface area contributed by atoms with E-state index in [2.05, 4.69) is 14.6 Å². The summed E-state index contributed by atoms with van der Waals surface area (Å²) in [5, 5.41) is 5.09. The quantitative estimate of drug-likeness (QED) is 0.523. The molecule has 8 heteroatoms. The van der Waals surface area contributed by atoms with Crippen LogP contribution in [0.15, 0.2) is 24.4 Å². The van der Waals surface area contributed by atoms with Crippen LogP contribution < -0.4 is 4.74 Å². The van der Waals surface area contributed by atoms with Crippen LogP contribution in [0.2, 0.25) is 10.0 Å². The second-order valence-corrected chi connectivity index (χ2v) is 5.71. The lowest BCUT2D eigenvalue weighted by molar-refractivity contribution is 0.0741. The Kier molecular flexibility index (Phi) is 3.75. The van der Waals surface area contributed by atoms with Gasteiger partial charge in [0.2, 0.25) is 0 Å². The van der Waals surface area contributed by atoms with Crippen LogP contribution in [0.25, 0.3) is 10.9 Å². The Bertz CT molecular complexity index is 851. The van der Waals surface area contributed by atoms with E-state index in [1.54, 1.807) is 25.3 Å². The first kappa shape index (κ1) is 14.2. The molecule has 21 heavy (non-hydrogen) atoms. The van der Waals surface area contributed by atoms with Crippen molar-refractivity contribution in [3.63, 3.8) is 0 Å². The van der Waals surface area contributed by atoms with E-state index in [0.717, 1.165) is 11.5 Å². The highest BCUT2D eigenvalue weighted by atomic mass is 35.5. The third-order valence-corrected chi connectivity index (χ3v) is 4.18. The number of carbonyl (C=O) groups excluding carboxylic acids is 1. The van der Waals surface area contributed by atoms with Crippen LogP contribution in [-0.4, -0.2) is 20.5 Å². The molecule has 0 bridgehead atoms. The van der Waals surface area contributed by atoms with Crippen LogP contribution >= 0.6 is 34.7 Å². The standard InChI is InChI=1S/C13H7Cl2N3O2S/c1-6-12(21-18-17-6)13(19)20-11-9(15)5-8(14)7-3-2-4-16-10(7)11/h2-5H,1H3.